The number of nitrogens with two attached hydrogens (primary N) is 1. The third kappa shape index (κ3) is 3.13. The highest BCUT2D eigenvalue weighted by atomic mass is 19.1. The molecule has 3 atom stereocenters. The topological polar surface area (TPSA) is 90.5 Å². The monoisotopic (exact) mass is 444 g/mol. The number of carbonyl (C=O) groups is 1. The van der Waals surface area contributed by atoms with Crippen LogP contribution in [0.15, 0.2) is 35.3 Å². The minimum atomic E-state index is -0.939. The number of rotatable bonds is 4. The summed E-state index contributed by atoms with van der Waals surface area (Å²) in [4.78, 5) is 31.4. The van der Waals surface area contributed by atoms with Crippen molar-refractivity contribution < 1.29 is 22.7 Å². The Morgan fingerprint density at radius 1 is 1.19 bits per heavy atom. The number of pyridine rings is 2. The molecule has 2 aliphatic rings. The first-order valence-electron chi connectivity index (χ1n) is 10.2. The van der Waals surface area contributed by atoms with Crippen molar-refractivity contribution >= 4 is 22.8 Å². The van der Waals surface area contributed by atoms with Crippen LogP contribution < -0.4 is 16.1 Å². The predicted octanol–water partition coefficient (Wildman–Crippen LogP) is 2.37. The number of esters is 1. The van der Waals surface area contributed by atoms with Gasteiger partial charge in [-0.2, -0.15) is 0 Å². The molecule has 1 aromatic carbocycles. The van der Waals surface area contributed by atoms with Crippen molar-refractivity contribution in [1.29, 1.82) is 0 Å². The van der Waals surface area contributed by atoms with Crippen LogP contribution in [0.2, 0.25) is 0 Å². The van der Waals surface area contributed by atoms with E-state index in [0.717, 1.165) is 29.0 Å². The van der Waals surface area contributed by atoms with Gasteiger partial charge in [0.2, 0.25) is 5.43 Å². The fourth-order valence-corrected chi connectivity index (χ4v) is 4.40. The Kier molecular flexibility index (Phi) is 4.70. The lowest BCUT2D eigenvalue weighted by atomic mass is 10.1. The maximum atomic E-state index is 15.0. The Morgan fingerprint density at radius 3 is 2.56 bits per heavy atom. The third-order valence-corrected chi connectivity index (χ3v) is 6.14. The van der Waals surface area contributed by atoms with Crippen LogP contribution in [0.4, 0.5) is 19.0 Å². The highest BCUT2D eigenvalue weighted by Gasteiger charge is 2.54. The van der Waals surface area contributed by atoms with Crippen LogP contribution in [-0.2, 0) is 4.74 Å². The number of ether oxygens (including phenoxy) is 1. The molecule has 3 aromatic rings. The van der Waals surface area contributed by atoms with Gasteiger partial charge in [-0.05, 0) is 37.0 Å². The molecule has 2 fully saturated rings. The summed E-state index contributed by atoms with van der Waals surface area (Å²) < 4.78 is 49.2. The fourth-order valence-electron chi connectivity index (χ4n) is 4.40. The van der Waals surface area contributed by atoms with E-state index in [1.807, 2.05) is 0 Å². The van der Waals surface area contributed by atoms with Gasteiger partial charge in [-0.25, -0.2) is 22.9 Å². The first kappa shape index (κ1) is 20.5. The Hall–Kier alpha value is -3.40. The maximum absolute atomic E-state index is 15.0. The summed E-state index contributed by atoms with van der Waals surface area (Å²) in [7, 11) is 0. The molecule has 5 rings (SSSR count). The van der Waals surface area contributed by atoms with Crippen molar-refractivity contribution in [3.05, 3.63) is 63.7 Å². The Balaban J connectivity index is 1.74. The van der Waals surface area contributed by atoms with Crippen molar-refractivity contribution in [2.24, 2.45) is 17.6 Å². The molecule has 1 aliphatic carbocycles. The Labute approximate surface area is 180 Å². The molecule has 0 spiro atoms. The molecule has 2 N–H and O–H groups in total. The summed E-state index contributed by atoms with van der Waals surface area (Å²) in [6.07, 6.45) is 1.09. The molecule has 166 valence electrons. The van der Waals surface area contributed by atoms with Crippen molar-refractivity contribution in [2.75, 3.05) is 24.6 Å². The average molecular weight is 444 g/mol. The molecule has 1 saturated carbocycles. The smallest absolute Gasteiger partial charge is 0.343 e. The molecule has 32 heavy (non-hydrogen) atoms. The van der Waals surface area contributed by atoms with Gasteiger partial charge in [-0.15, -0.1) is 0 Å². The second-order valence-electron chi connectivity index (χ2n) is 8.03. The van der Waals surface area contributed by atoms with E-state index in [-0.39, 0.29) is 47.0 Å². The van der Waals surface area contributed by atoms with Gasteiger partial charge in [0.15, 0.2) is 17.3 Å². The zero-order valence-corrected chi connectivity index (χ0v) is 17.0. The molecule has 1 unspecified atom stereocenters. The maximum Gasteiger partial charge on any atom is 0.343 e. The minimum Gasteiger partial charge on any atom is -0.462 e. The molecular weight excluding hydrogens is 425 g/mol. The van der Waals surface area contributed by atoms with Crippen molar-refractivity contribution in [2.45, 2.75) is 13.0 Å². The largest absolute Gasteiger partial charge is 0.462 e. The summed E-state index contributed by atoms with van der Waals surface area (Å²) in [6.45, 7) is 2.62. The average Bonchev–Trinajstić information content (AvgIpc) is 3.15. The van der Waals surface area contributed by atoms with Crippen molar-refractivity contribution in [3.63, 3.8) is 0 Å². The normalized spacial score (nSPS) is 21.7. The molecule has 1 saturated heterocycles. The van der Waals surface area contributed by atoms with E-state index in [9.17, 15) is 18.4 Å². The highest BCUT2D eigenvalue weighted by Crippen LogP contribution is 2.45. The standard InChI is InChI=1S/C22H19F3N4O3/c1-2-32-22(31)14-9-29(17-4-3-10(23)5-15(17)24)20-11(19(14)30)6-16(25)21(27-20)28-7-12-13(8-28)18(12)26/h3-6,9,12-13,18H,2,7-8,26H2,1H3/t12-,13+,18?. The highest BCUT2D eigenvalue weighted by molar-refractivity contribution is 5.94. The quantitative estimate of drug-likeness (QED) is 0.622. The second-order valence-corrected chi connectivity index (χ2v) is 8.03. The van der Waals surface area contributed by atoms with Crippen LogP contribution in [0, 0.1) is 29.3 Å². The lowest BCUT2D eigenvalue weighted by molar-refractivity contribution is 0.0524. The van der Waals surface area contributed by atoms with Gasteiger partial charge in [-0.1, -0.05) is 0 Å². The van der Waals surface area contributed by atoms with E-state index >= 15 is 4.39 Å². The van der Waals surface area contributed by atoms with Gasteiger partial charge in [0.05, 0.1) is 17.7 Å². The van der Waals surface area contributed by atoms with Crippen LogP contribution in [0.1, 0.15) is 17.3 Å². The van der Waals surface area contributed by atoms with Crippen molar-refractivity contribution in [3.8, 4) is 5.69 Å². The molecule has 10 heteroatoms. The molecule has 3 heterocycles. The summed E-state index contributed by atoms with van der Waals surface area (Å²) in [6, 6.07) is 3.94. The van der Waals surface area contributed by atoms with Gasteiger partial charge in [0.25, 0.3) is 0 Å². The summed E-state index contributed by atoms with van der Waals surface area (Å²) in [5.41, 5.74) is 4.54. The number of nitrogens with zero attached hydrogens (tertiary/aromatic N) is 3. The minimum absolute atomic E-state index is 0.00615. The number of anilines is 1. The predicted molar refractivity (Wildman–Crippen MR) is 110 cm³/mol. The number of hydrogen-bond donors (Lipinski definition) is 1. The number of piperidine rings is 1. The van der Waals surface area contributed by atoms with Gasteiger partial charge in [0.1, 0.15) is 17.2 Å². The molecule has 0 radical (unpaired) electrons. The lowest BCUT2D eigenvalue weighted by Crippen LogP contribution is -2.30. The van der Waals surface area contributed by atoms with E-state index < -0.39 is 34.4 Å². The molecule has 2 aromatic heterocycles. The summed E-state index contributed by atoms with van der Waals surface area (Å²) in [5, 5.41) is -0.221. The van der Waals surface area contributed by atoms with E-state index in [2.05, 4.69) is 4.98 Å². The van der Waals surface area contributed by atoms with Crippen LogP contribution in [0.5, 0.6) is 0 Å². The van der Waals surface area contributed by atoms with Gasteiger partial charge in [0, 0.05) is 31.4 Å². The van der Waals surface area contributed by atoms with E-state index in [1.165, 1.54) is 0 Å². The second kappa shape index (κ2) is 7.33. The third-order valence-electron chi connectivity index (χ3n) is 6.14. The lowest BCUT2D eigenvalue weighted by Gasteiger charge is -2.22. The summed E-state index contributed by atoms with van der Waals surface area (Å²) >= 11 is 0. The molecular formula is C22H19F3N4O3. The van der Waals surface area contributed by atoms with Crippen LogP contribution in [-0.4, -0.2) is 41.3 Å². The Morgan fingerprint density at radius 2 is 1.91 bits per heavy atom. The van der Waals surface area contributed by atoms with E-state index in [0.29, 0.717) is 19.2 Å². The fraction of sp³-hybridized carbons (Fsp3) is 0.318. The molecule has 0 amide bonds. The van der Waals surface area contributed by atoms with E-state index in [4.69, 9.17) is 10.5 Å². The van der Waals surface area contributed by atoms with Gasteiger partial charge >= 0.3 is 5.97 Å². The van der Waals surface area contributed by atoms with Crippen LogP contribution in [0.25, 0.3) is 16.7 Å². The van der Waals surface area contributed by atoms with Crippen LogP contribution in [0.3, 0.4) is 0 Å². The number of hydrogen-bond acceptors (Lipinski definition) is 6. The van der Waals surface area contributed by atoms with Crippen molar-refractivity contribution in [1.82, 2.24) is 9.55 Å². The van der Waals surface area contributed by atoms with Crippen LogP contribution >= 0.6 is 0 Å². The SMILES string of the molecule is CCOC(=O)c1cn(-c2ccc(F)cc2F)c2nc(N3C[C@@H]4C(N)[C@@H]4C3)c(F)cc2c1=O. The number of aromatic nitrogens is 2. The number of fused-ring (bicyclic) bond motifs is 2. The van der Waals surface area contributed by atoms with Gasteiger partial charge < -0.3 is 15.4 Å². The zero-order chi connectivity index (χ0) is 22.7. The number of benzene rings is 1. The molecule has 7 nitrogen and oxygen atoms in total. The first-order valence-corrected chi connectivity index (χ1v) is 10.2. The number of halogens is 3. The Bertz CT molecular complexity index is 1310. The molecule has 0 bridgehead atoms. The van der Waals surface area contributed by atoms with Gasteiger partial charge in [-0.3, -0.25) is 9.36 Å². The number of carbonyl (C=O) groups excluding carboxylic acids is 1. The first-order chi connectivity index (χ1) is 15.3. The zero-order valence-electron chi connectivity index (χ0n) is 17.0. The van der Waals surface area contributed by atoms with E-state index in [1.54, 1.807) is 11.8 Å². The molecule has 1 aliphatic heterocycles. The summed E-state index contributed by atoms with van der Waals surface area (Å²) in [5.74, 6) is -2.88.